The van der Waals surface area contributed by atoms with Gasteiger partial charge in [0.1, 0.15) is 6.61 Å². The van der Waals surface area contributed by atoms with E-state index in [0.717, 1.165) is 0 Å². The molecule has 0 saturated carbocycles. The van der Waals surface area contributed by atoms with Gasteiger partial charge in [0.2, 0.25) is 0 Å². The van der Waals surface area contributed by atoms with Crippen LogP contribution in [-0.2, 0) is 28.6 Å². The van der Waals surface area contributed by atoms with Crippen molar-refractivity contribution in [1.29, 1.82) is 0 Å². The molecule has 1 aromatic carbocycles. The molecule has 33 heavy (non-hydrogen) atoms. The van der Waals surface area contributed by atoms with Gasteiger partial charge < -0.3 is 19.5 Å². The number of esters is 3. The minimum Gasteiger partial charge on any atom is -0.466 e. The number of hydrogen-bond acceptors (Lipinski definition) is 9. The molecule has 1 aliphatic rings. The Labute approximate surface area is 191 Å². The molecule has 0 bridgehead atoms. The van der Waals surface area contributed by atoms with Crippen LogP contribution in [0.3, 0.4) is 0 Å². The predicted molar refractivity (Wildman–Crippen MR) is 118 cm³/mol. The smallest absolute Gasteiger partial charge is 0.337 e. The third kappa shape index (κ3) is 6.41. The van der Waals surface area contributed by atoms with Gasteiger partial charge in [0, 0.05) is 23.5 Å². The first kappa shape index (κ1) is 25.6. The number of nitrogens with one attached hydrogen (secondary N) is 1. The lowest BCUT2D eigenvalue weighted by atomic mass is 9.80. The zero-order chi connectivity index (χ0) is 24.7. The molecular formula is C23H28N2O8. The van der Waals surface area contributed by atoms with Gasteiger partial charge in [-0.3, -0.25) is 14.9 Å². The topological polar surface area (TPSA) is 134 Å². The van der Waals surface area contributed by atoms with Crippen LogP contribution in [0, 0.1) is 10.1 Å². The van der Waals surface area contributed by atoms with Crippen molar-refractivity contribution in [2.75, 3.05) is 13.2 Å². The SMILES string of the molecule is CCOC(=O)CCOC(=O)C1=C(C)NC(C)=C(C(=O)OC(C)C)C1c1cccc([N+](=O)[O-])c1. The molecule has 1 aliphatic heterocycles. The molecule has 1 N–H and O–H groups in total. The second kappa shape index (κ2) is 11.3. The van der Waals surface area contributed by atoms with Crippen LogP contribution in [0.25, 0.3) is 0 Å². The molecule has 10 nitrogen and oxygen atoms in total. The van der Waals surface area contributed by atoms with Gasteiger partial charge in [0.15, 0.2) is 0 Å². The van der Waals surface area contributed by atoms with Gasteiger partial charge in [-0.05, 0) is 40.2 Å². The van der Waals surface area contributed by atoms with Crippen LogP contribution >= 0.6 is 0 Å². The number of benzene rings is 1. The van der Waals surface area contributed by atoms with E-state index < -0.39 is 34.9 Å². The van der Waals surface area contributed by atoms with Crippen molar-refractivity contribution in [3.8, 4) is 0 Å². The number of nitrogens with zero attached hydrogens (tertiary/aromatic N) is 1. The van der Waals surface area contributed by atoms with Crippen LogP contribution in [0.15, 0.2) is 46.8 Å². The van der Waals surface area contributed by atoms with E-state index in [2.05, 4.69) is 5.32 Å². The van der Waals surface area contributed by atoms with Gasteiger partial charge in [0.25, 0.3) is 5.69 Å². The molecule has 0 amide bonds. The summed E-state index contributed by atoms with van der Waals surface area (Å²) in [5.74, 6) is -2.89. The predicted octanol–water partition coefficient (Wildman–Crippen LogP) is 3.28. The van der Waals surface area contributed by atoms with E-state index in [9.17, 15) is 24.5 Å². The summed E-state index contributed by atoms with van der Waals surface area (Å²) in [6, 6.07) is 5.71. The Hall–Kier alpha value is -3.69. The van der Waals surface area contributed by atoms with Crippen molar-refractivity contribution < 1.29 is 33.5 Å². The number of dihydropyridines is 1. The molecule has 1 unspecified atom stereocenters. The van der Waals surface area contributed by atoms with Crippen LogP contribution in [-0.4, -0.2) is 42.1 Å². The normalized spacial score (nSPS) is 15.8. The fourth-order valence-electron chi connectivity index (χ4n) is 3.50. The molecule has 10 heteroatoms. The summed E-state index contributed by atoms with van der Waals surface area (Å²) in [7, 11) is 0. The van der Waals surface area contributed by atoms with Crippen LogP contribution in [0.4, 0.5) is 5.69 Å². The first-order chi connectivity index (χ1) is 15.6. The second-order valence-corrected chi connectivity index (χ2v) is 7.63. The van der Waals surface area contributed by atoms with Crippen molar-refractivity contribution >= 4 is 23.6 Å². The summed E-state index contributed by atoms with van der Waals surface area (Å²) in [5, 5.41) is 14.3. The Balaban J connectivity index is 2.49. The number of allylic oxidation sites excluding steroid dienone is 2. The quantitative estimate of drug-likeness (QED) is 0.255. The van der Waals surface area contributed by atoms with Crippen molar-refractivity contribution in [3.63, 3.8) is 0 Å². The molecule has 0 fully saturated rings. The fourth-order valence-corrected chi connectivity index (χ4v) is 3.50. The number of hydrogen-bond donors (Lipinski definition) is 1. The maximum atomic E-state index is 13.1. The van der Waals surface area contributed by atoms with E-state index in [4.69, 9.17) is 14.2 Å². The molecule has 0 aliphatic carbocycles. The maximum absolute atomic E-state index is 13.1. The number of rotatable bonds is 9. The number of nitro groups is 1. The van der Waals surface area contributed by atoms with Gasteiger partial charge in [-0.1, -0.05) is 12.1 Å². The Kier molecular flexibility index (Phi) is 8.72. The largest absolute Gasteiger partial charge is 0.466 e. The summed E-state index contributed by atoms with van der Waals surface area (Å²) >= 11 is 0. The summed E-state index contributed by atoms with van der Waals surface area (Å²) in [4.78, 5) is 48.4. The number of carbonyl (C=O) groups excluding carboxylic acids is 3. The van der Waals surface area contributed by atoms with Gasteiger partial charge in [-0.2, -0.15) is 0 Å². The average molecular weight is 460 g/mol. The standard InChI is InChI=1S/C23H28N2O8/c1-6-31-18(26)10-11-32-22(27)19-14(4)24-15(5)20(23(28)33-13(2)3)21(19)16-8-7-9-17(12-16)25(29)30/h7-9,12-13,21,24H,6,10-11H2,1-5H3. The summed E-state index contributed by atoms with van der Waals surface area (Å²) in [6.45, 7) is 8.35. The highest BCUT2D eigenvalue weighted by Crippen LogP contribution is 2.40. The Morgan fingerprint density at radius 1 is 1.09 bits per heavy atom. The number of non-ortho nitro benzene ring substituents is 1. The third-order valence-corrected chi connectivity index (χ3v) is 4.80. The van der Waals surface area contributed by atoms with E-state index in [1.54, 1.807) is 40.7 Å². The Morgan fingerprint density at radius 3 is 2.30 bits per heavy atom. The molecule has 0 aromatic heterocycles. The molecule has 178 valence electrons. The van der Waals surface area contributed by atoms with E-state index in [1.807, 2.05) is 0 Å². The van der Waals surface area contributed by atoms with E-state index >= 15 is 0 Å². The highest BCUT2D eigenvalue weighted by molar-refractivity contribution is 6.00. The molecule has 1 heterocycles. The molecule has 0 spiro atoms. The lowest BCUT2D eigenvalue weighted by Crippen LogP contribution is -2.33. The maximum Gasteiger partial charge on any atom is 0.337 e. The van der Waals surface area contributed by atoms with Crippen LogP contribution < -0.4 is 5.32 Å². The van der Waals surface area contributed by atoms with Gasteiger partial charge >= 0.3 is 17.9 Å². The monoisotopic (exact) mass is 460 g/mol. The summed E-state index contributed by atoms with van der Waals surface area (Å²) < 4.78 is 15.5. The van der Waals surface area contributed by atoms with Crippen molar-refractivity contribution in [2.45, 2.75) is 53.1 Å². The fraction of sp³-hybridized carbons (Fsp3) is 0.435. The minimum absolute atomic E-state index is 0.0978. The summed E-state index contributed by atoms with van der Waals surface area (Å²) in [6.07, 6.45) is -0.548. The van der Waals surface area contributed by atoms with E-state index in [-0.39, 0.29) is 36.5 Å². The van der Waals surface area contributed by atoms with E-state index in [0.29, 0.717) is 17.0 Å². The molecule has 1 aromatic rings. The molecule has 1 atom stereocenters. The Bertz CT molecular complexity index is 1010. The number of carbonyl (C=O) groups is 3. The van der Waals surface area contributed by atoms with E-state index in [1.165, 1.54) is 18.2 Å². The second-order valence-electron chi connectivity index (χ2n) is 7.63. The number of ether oxygens (including phenoxy) is 3. The Morgan fingerprint density at radius 2 is 1.73 bits per heavy atom. The molecule has 0 radical (unpaired) electrons. The zero-order valence-electron chi connectivity index (χ0n) is 19.3. The van der Waals surface area contributed by atoms with Gasteiger partial charge in [-0.15, -0.1) is 0 Å². The third-order valence-electron chi connectivity index (χ3n) is 4.80. The highest BCUT2D eigenvalue weighted by Gasteiger charge is 2.38. The van der Waals surface area contributed by atoms with Crippen molar-refractivity contribution in [2.24, 2.45) is 0 Å². The number of nitro benzene ring substituents is 1. The zero-order valence-corrected chi connectivity index (χ0v) is 19.3. The average Bonchev–Trinajstić information content (AvgIpc) is 2.72. The minimum atomic E-state index is -0.965. The van der Waals surface area contributed by atoms with Crippen LogP contribution in [0.5, 0.6) is 0 Å². The summed E-state index contributed by atoms with van der Waals surface area (Å²) in [5.41, 5.74) is 1.29. The van der Waals surface area contributed by atoms with Crippen molar-refractivity contribution in [3.05, 3.63) is 62.5 Å². The first-order valence-electron chi connectivity index (χ1n) is 10.5. The van der Waals surface area contributed by atoms with Gasteiger partial charge in [-0.25, -0.2) is 9.59 Å². The van der Waals surface area contributed by atoms with Crippen LogP contribution in [0.2, 0.25) is 0 Å². The van der Waals surface area contributed by atoms with Gasteiger partial charge in [0.05, 0.1) is 41.1 Å². The van der Waals surface area contributed by atoms with Crippen molar-refractivity contribution in [1.82, 2.24) is 5.32 Å². The molecule has 2 rings (SSSR count). The lowest BCUT2D eigenvalue weighted by molar-refractivity contribution is -0.384. The lowest BCUT2D eigenvalue weighted by Gasteiger charge is -2.30. The molecular weight excluding hydrogens is 432 g/mol. The first-order valence-corrected chi connectivity index (χ1v) is 10.5. The molecule has 0 saturated heterocycles. The highest BCUT2D eigenvalue weighted by atomic mass is 16.6. The van der Waals surface area contributed by atoms with Crippen LogP contribution in [0.1, 0.15) is 52.5 Å².